The number of anilines is 1. The predicted octanol–water partition coefficient (Wildman–Crippen LogP) is 4.11. The molecule has 2 N–H and O–H groups in total. The van der Waals surface area contributed by atoms with Crippen LogP contribution < -0.4 is 5.73 Å². The zero-order valence-corrected chi connectivity index (χ0v) is 14.1. The van der Waals surface area contributed by atoms with Crippen molar-refractivity contribution < 1.29 is 4.79 Å². The second-order valence-electron chi connectivity index (χ2n) is 6.73. The minimum absolute atomic E-state index is 0.124. The highest BCUT2D eigenvalue weighted by molar-refractivity contribution is 5.94. The summed E-state index contributed by atoms with van der Waals surface area (Å²) < 4.78 is 0. The standard InChI is InChI=1S/C18H30N2O/c1-13(2)8-10-20(11-9-14(3)4)18(21)16-6-7-17(19)15(5)12-16/h6-7,12-14H,8-11,19H2,1-5H3. The van der Waals surface area contributed by atoms with Gasteiger partial charge in [0.15, 0.2) is 0 Å². The molecule has 3 heteroatoms. The molecule has 1 aromatic rings. The summed E-state index contributed by atoms with van der Waals surface area (Å²) in [5.41, 5.74) is 8.29. The molecule has 3 nitrogen and oxygen atoms in total. The molecule has 0 heterocycles. The first-order valence-corrected chi connectivity index (χ1v) is 7.96. The number of carbonyl (C=O) groups excluding carboxylic acids is 1. The molecule has 0 saturated carbocycles. The molecule has 21 heavy (non-hydrogen) atoms. The average Bonchev–Trinajstić information content (AvgIpc) is 2.40. The van der Waals surface area contributed by atoms with E-state index < -0.39 is 0 Å². The normalized spacial score (nSPS) is 11.2. The lowest BCUT2D eigenvalue weighted by Gasteiger charge is -2.25. The number of aryl methyl sites for hydroxylation is 1. The maximum absolute atomic E-state index is 12.7. The molecule has 1 aromatic carbocycles. The first kappa shape index (κ1) is 17.5. The highest BCUT2D eigenvalue weighted by atomic mass is 16.2. The molecular weight excluding hydrogens is 260 g/mol. The van der Waals surface area contributed by atoms with Crippen LogP contribution in [0.1, 0.15) is 56.5 Å². The Balaban J connectivity index is 2.83. The summed E-state index contributed by atoms with van der Waals surface area (Å²) in [6.07, 6.45) is 2.08. The van der Waals surface area contributed by atoms with E-state index in [1.807, 2.05) is 30.0 Å². The molecule has 118 valence electrons. The summed E-state index contributed by atoms with van der Waals surface area (Å²) in [7, 11) is 0. The molecule has 0 spiro atoms. The van der Waals surface area contributed by atoms with Gasteiger partial charge in [-0.25, -0.2) is 0 Å². The van der Waals surface area contributed by atoms with Gasteiger partial charge in [0.1, 0.15) is 0 Å². The highest BCUT2D eigenvalue weighted by Crippen LogP contribution is 2.16. The van der Waals surface area contributed by atoms with Gasteiger partial charge in [0.2, 0.25) is 0 Å². The second kappa shape index (κ2) is 8.06. The smallest absolute Gasteiger partial charge is 0.253 e. The zero-order chi connectivity index (χ0) is 16.0. The topological polar surface area (TPSA) is 46.3 Å². The largest absolute Gasteiger partial charge is 0.399 e. The molecule has 0 aromatic heterocycles. The SMILES string of the molecule is Cc1cc(C(=O)N(CCC(C)C)CCC(C)C)ccc1N. The van der Waals surface area contributed by atoms with Crippen molar-refractivity contribution >= 4 is 11.6 Å². The van der Waals surface area contributed by atoms with Gasteiger partial charge in [-0.05, 0) is 55.4 Å². The summed E-state index contributed by atoms with van der Waals surface area (Å²) in [6.45, 7) is 12.4. The van der Waals surface area contributed by atoms with Gasteiger partial charge in [-0.2, -0.15) is 0 Å². The van der Waals surface area contributed by atoms with Crippen molar-refractivity contribution in [2.75, 3.05) is 18.8 Å². The van der Waals surface area contributed by atoms with Crippen LogP contribution in [0.3, 0.4) is 0 Å². The third-order valence-corrected chi connectivity index (χ3v) is 3.76. The number of amides is 1. The first-order chi connectivity index (χ1) is 9.81. The van der Waals surface area contributed by atoms with Gasteiger partial charge < -0.3 is 10.6 Å². The number of hydrogen-bond donors (Lipinski definition) is 1. The van der Waals surface area contributed by atoms with Crippen LogP contribution in [0, 0.1) is 18.8 Å². The van der Waals surface area contributed by atoms with Crippen LogP contribution in [0.25, 0.3) is 0 Å². The van der Waals surface area contributed by atoms with Crippen molar-refractivity contribution in [2.24, 2.45) is 11.8 Å². The van der Waals surface area contributed by atoms with E-state index in [-0.39, 0.29) is 5.91 Å². The van der Waals surface area contributed by atoms with Crippen LogP contribution >= 0.6 is 0 Å². The molecule has 0 aliphatic rings. The monoisotopic (exact) mass is 290 g/mol. The zero-order valence-electron chi connectivity index (χ0n) is 14.1. The Morgan fingerprint density at radius 1 is 1.10 bits per heavy atom. The molecule has 0 unspecified atom stereocenters. The predicted molar refractivity (Wildman–Crippen MR) is 90.4 cm³/mol. The minimum Gasteiger partial charge on any atom is -0.399 e. The van der Waals surface area contributed by atoms with E-state index in [4.69, 9.17) is 5.73 Å². The van der Waals surface area contributed by atoms with Crippen LogP contribution in [-0.2, 0) is 0 Å². The lowest BCUT2D eigenvalue weighted by molar-refractivity contribution is 0.0741. The Hall–Kier alpha value is -1.51. The van der Waals surface area contributed by atoms with Gasteiger partial charge in [0.05, 0.1) is 0 Å². The Kier molecular flexibility index (Phi) is 6.73. The van der Waals surface area contributed by atoms with E-state index in [2.05, 4.69) is 27.7 Å². The van der Waals surface area contributed by atoms with E-state index in [0.29, 0.717) is 11.8 Å². The van der Waals surface area contributed by atoms with Gasteiger partial charge in [0, 0.05) is 24.3 Å². The first-order valence-electron chi connectivity index (χ1n) is 7.96. The van der Waals surface area contributed by atoms with Gasteiger partial charge in [0.25, 0.3) is 5.91 Å². The summed E-state index contributed by atoms with van der Waals surface area (Å²) >= 11 is 0. The third-order valence-electron chi connectivity index (χ3n) is 3.76. The molecule has 0 saturated heterocycles. The molecule has 0 fully saturated rings. The Morgan fingerprint density at radius 3 is 2.05 bits per heavy atom. The Morgan fingerprint density at radius 2 is 1.62 bits per heavy atom. The van der Waals surface area contributed by atoms with Crippen LogP contribution in [0.5, 0.6) is 0 Å². The molecule has 0 aliphatic carbocycles. The van der Waals surface area contributed by atoms with Crippen LogP contribution in [0.2, 0.25) is 0 Å². The van der Waals surface area contributed by atoms with E-state index >= 15 is 0 Å². The van der Waals surface area contributed by atoms with Crippen LogP contribution in [0.15, 0.2) is 18.2 Å². The van der Waals surface area contributed by atoms with Crippen molar-refractivity contribution in [1.29, 1.82) is 0 Å². The van der Waals surface area contributed by atoms with Gasteiger partial charge >= 0.3 is 0 Å². The fourth-order valence-electron chi connectivity index (χ4n) is 2.13. The molecule has 0 bridgehead atoms. The number of rotatable bonds is 7. The summed E-state index contributed by atoms with van der Waals surface area (Å²) in [6, 6.07) is 5.56. The third kappa shape index (κ3) is 5.78. The summed E-state index contributed by atoms with van der Waals surface area (Å²) in [5, 5.41) is 0. The number of nitrogen functional groups attached to an aromatic ring is 1. The van der Waals surface area contributed by atoms with Crippen molar-refractivity contribution in [3.05, 3.63) is 29.3 Å². The van der Waals surface area contributed by atoms with Crippen molar-refractivity contribution in [3.8, 4) is 0 Å². The highest BCUT2D eigenvalue weighted by Gasteiger charge is 2.16. The second-order valence-corrected chi connectivity index (χ2v) is 6.73. The van der Waals surface area contributed by atoms with Crippen molar-refractivity contribution in [2.45, 2.75) is 47.5 Å². The molecule has 0 atom stereocenters. The molecular formula is C18H30N2O. The van der Waals surface area contributed by atoms with E-state index in [1.165, 1.54) is 0 Å². The molecule has 1 amide bonds. The summed E-state index contributed by atoms with van der Waals surface area (Å²) in [5.74, 6) is 1.33. The molecule has 0 radical (unpaired) electrons. The fraction of sp³-hybridized carbons (Fsp3) is 0.611. The van der Waals surface area contributed by atoms with Gasteiger partial charge in [-0.1, -0.05) is 27.7 Å². The molecule has 1 rings (SSSR count). The van der Waals surface area contributed by atoms with Crippen molar-refractivity contribution in [1.82, 2.24) is 4.90 Å². The fourth-order valence-corrected chi connectivity index (χ4v) is 2.13. The van der Waals surface area contributed by atoms with Crippen molar-refractivity contribution in [3.63, 3.8) is 0 Å². The Labute approximate surface area is 129 Å². The number of benzene rings is 1. The number of hydrogen-bond acceptors (Lipinski definition) is 2. The maximum atomic E-state index is 12.7. The number of carbonyl (C=O) groups is 1. The van der Waals surface area contributed by atoms with E-state index in [1.54, 1.807) is 0 Å². The van der Waals surface area contributed by atoms with E-state index in [9.17, 15) is 4.79 Å². The number of nitrogens with zero attached hydrogens (tertiary/aromatic N) is 1. The van der Waals surface area contributed by atoms with Crippen LogP contribution in [0.4, 0.5) is 5.69 Å². The molecule has 0 aliphatic heterocycles. The van der Waals surface area contributed by atoms with Crippen LogP contribution in [-0.4, -0.2) is 23.9 Å². The van der Waals surface area contributed by atoms with Gasteiger partial charge in [-0.3, -0.25) is 4.79 Å². The Bertz CT molecular complexity index is 454. The lowest BCUT2D eigenvalue weighted by Crippen LogP contribution is -2.34. The average molecular weight is 290 g/mol. The van der Waals surface area contributed by atoms with Gasteiger partial charge in [-0.15, -0.1) is 0 Å². The minimum atomic E-state index is 0.124. The quantitative estimate of drug-likeness (QED) is 0.768. The lowest BCUT2D eigenvalue weighted by atomic mass is 10.1. The number of nitrogens with two attached hydrogens (primary N) is 1. The van der Waals surface area contributed by atoms with E-state index in [0.717, 1.165) is 42.7 Å². The summed E-state index contributed by atoms with van der Waals surface area (Å²) in [4.78, 5) is 14.7. The maximum Gasteiger partial charge on any atom is 0.253 e.